The highest BCUT2D eigenvalue weighted by Crippen LogP contribution is 2.31. The van der Waals surface area contributed by atoms with E-state index in [-0.39, 0.29) is 16.7 Å². The van der Waals surface area contributed by atoms with Crippen molar-refractivity contribution in [1.29, 1.82) is 0 Å². The molecule has 0 aliphatic heterocycles. The molecule has 1 aliphatic rings. The minimum atomic E-state index is -0.241. The number of benzene rings is 1. The second kappa shape index (κ2) is 7.81. The fourth-order valence-corrected chi connectivity index (χ4v) is 4.13. The molecule has 24 heavy (non-hydrogen) atoms. The van der Waals surface area contributed by atoms with Gasteiger partial charge in [0, 0.05) is 25.8 Å². The van der Waals surface area contributed by atoms with Gasteiger partial charge in [-0.25, -0.2) is 9.89 Å². The predicted octanol–water partition coefficient (Wildman–Crippen LogP) is 2.29. The molecule has 1 heterocycles. The molecule has 1 aliphatic carbocycles. The zero-order valence-corrected chi connectivity index (χ0v) is 14.5. The number of aromatic amines is 1. The fraction of sp³-hybridized carbons (Fsp3) is 0.471. The normalized spacial score (nSPS) is 17.5. The number of aromatic nitrogens is 3. The highest BCUT2D eigenvalue weighted by Gasteiger charge is 2.28. The summed E-state index contributed by atoms with van der Waals surface area (Å²) in [5.74, 6) is 0.131. The molecule has 0 saturated heterocycles. The third-order valence-corrected chi connectivity index (χ3v) is 5.45. The number of ketones is 1. The molecule has 1 atom stereocenters. The van der Waals surface area contributed by atoms with Crippen LogP contribution in [-0.4, -0.2) is 39.5 Å². The maximum Gasteiger partial charge on any atom is 0.343 e. The molecule has 0 spiro atoms. The molecule has 6 nitrogen and oxygen atoms in total. The first-order valence-electron chi connectivity index (χ1n) is 8.13. The maximum absolute atomic E-state index is 12.9. The first-order chi connectivity index (χ1) is 11.7. The number of carbonyl (C=O) groups is 1. The van der Waals surface area contributed by atoms with Crippen LogP contribution in [0.5, 0.6) is 0 Å². The van der Waals surface area contributed by atoms with E-state index in [1.807, 2.05) is 24.3 Å². The lowest BCUT2D eigenvalue weighted by Crippen LogP contribution is -2.21. The Morgan fingerprint density at radius 3 is 3.04 bits per heavy atom. The van der Waals surface area contributed by atoms with E-state index in [2.05, 4.69) is 10.2 Å². The molecule has 7 heteroatoms. The van der Waals surface area contributed by atoms with Crippen molar-refractivity contribution < 1.29 is 9.53 Å². The highest BCUT2D eigenvalue weighted by atomic mass is 32.2. The van der Waals surface area contributed by atoms with E-state index in [1.54, 1.807) is 11.7 Å². The van der Waals surface area contributed by atoms with Gasteiger partial charge in [-0.3, -0.25) is 9.36 Å². The number of rotatable bonds is 6. The van der Waals surface area contributed by atoms with Gasteiger partial charge in [-0.05, 0) is 31.2 Å². The standard InChI is InChI=1S/C17H21N3O3S/c1-23-11-5-10-20-16(22)18-19-17(20)24-14-9-4-7-12-6-2-3-8-13(12)15(14)21/h2-3,6,8,14H,4-5,7,9-11H2,1H3,(H,18,22). The van der Waals surface area contributed by atoms with Crippen molar-refractivity contribution in [3.8, 4) is 0 Å². The van der Waals surface area contributed by atoms with Crippen molar-refractivity contribution in [3.63, 3.8) is 0 Å². The molecule has 128 valence electrons. The Morgan fingerprint density at radius 1 is 1.38 bits per heavy atom. The van der Waals surface area contributed by atoms with E-state index in [0.717, 1.165) is 36.8 Å². The van der Waals surface area contributed by atoms with E-state index in [0.29, 0.717) is 18.3 Å². The number of carbonyl (C=O) groups excluding carboxylic acids is 1. The molecule has 1 aromatic heterocycles. The number of fused-ring (bicyclic) bond motifs is 1. The molecule has 1 aromatic carbocycles. The van der Waals surface area contributed by atoms with Crippen molar-refractivity contribution in [2.24, 2.45) is 0 Å². The number of Topliss-reactive ketones (excluding diaryl/α,β-unsaturated/α-hetero) is 1. The van der Waals surface area contributed by atoms with Gasteiger partial charge in [-0.15, -0.1) is 5.10 Å². The van der Waals surface area contributed by atoms with Gasteiger partial charge < -0.3 is 4.74 Å². The lowest BCUT2D eigenvalue weighted by Gasteiger charge is -2.13. The van der Waals surface area contributed by atoms with Crippen LogP contribution in [0.4, 0.5) is 0 Å². The number of methoxy groups -OCH3 is 1. The van der Waals surface area contributed by atoms with Gasteiger partial charge in [0.05, 0.1) is 5.25 Å². The maximum atomic E-state index is 12.9. The van der Waals surface area contributed by atoms with Crippen LogP contribution in [0.3, 0.4) is 0 Å². The molecule has 2 aromatic rings. The summed E-state index contributed by atoms with van der Waals surface area (Å²) in [4.78, 5) is 24.8. The quantitative estimate of drug-likeness (QED) is 0.641. The summed E-state index contributed by atoms with van der Waals surface area (Å²) in [7, 11) is 1.63. The third kappa shape index (κ3) is 3.62. The number of thioether (sulfide) groups is 1. The van der Waals surface area contributed by atoms with Gasteiger partial charge in [0.1, 0.15) is 0 Å². The van der Waals surface area contributed by atoms with Gasteiger partial charge in [0.25, 0.3) is 0 Å². The molecule has 0 saturated carbocycles. The molecule has 0 radical (unpaired) electrons. The predicted molar refractivity (Wildman–Crippen MR) is 92.7 cm³/mol. The highest BCUT2D eigenvalue weighted by molar-refractivity contribution is 8.00. The first-order valence-corrected chi connectivity index (χ1v) is 9.01. The van der Waals surface area contributed by atoms with Gasteiger partial charge in [-0.2, -0.15) is 0 Å². The lowest BCUT2D eigenvalue weighted by atomic mass is 10.0. The Balaban J connectivity index is 1.79. The fourth-order valence-electron chi connectivity index (χ4n) is 2.96. The molecule has 0 amide bonds. The first kappa shape index (κ1) is 17.0. The van der Waals surface area contributed by atoms with Crippen LogP contribution in [0.2, 0.25) is 0 Å². The smallest absolute Gasteiger partial charge is 0.343 e. The summed E-state index contributed by atoms with van der Waals surface area (Å²) in [5, 5.41) is 6.97. The number of nitrogens with one attached hydrogen (secondary N) is 1. The van der Waals surface area contributed by atoms with Crippen LogP contribution in [0.25, 0.3) is 0 Å². The summed E-state index contributed by atoms with van der Waals surface area (Å²) >= 11 is 1.39. The van der Waals surface area contributed by atoms with Crippen LogP contribution >= 0.6 is 11.8 Å². The number of hydrogen-bond acceptors (Lipinski definition) is 5. The van der Waals surface area contributed by atoms with E-state index >= 15 is 0 Å². The number of hydrogen-bond donors (Lipinski definition) is 1. The zero-order valence-electron chi connectivity index (χ0n) is 13.7. The van der Waals surface area contributed by atoms with E-state index in [1.165, 1.54) is 11.8 Å². The molecular formula is C17H21N3O3S. The summed E-state index contributed by atoms with van der Waals surface area (Å²) < 4.78 is 6.63. The van der Waals surface area contributed by atoms with Crippen LogP contribution in [0.15, 0.2) is 34.2 Å². The number of H-pyrrole nitrogens is 1. The monoisotopic (exact) mass is 347 g/mol. The Bertz CT molecular complexity index is 768. The van der Waals surface area contributed by atoms with Gasteiger partial charge >= 0.3 is 5.69 Å². The van der Waals surface area contributed by atoms with Gasteiger partial charge in [0.15, 0.2) is 10.9 Å². The molecule has 0 fully saturated rings. The third-order valence-electron chi connectivity index (χ3n) is 4.19. The number of nitrogens with zero attached hydrogens (tertiary/aromatic N) is 2. The number of ether oxygens (including phenoxy) is 1. The van der Waals surface area contributed by atoms with Crippen LogP contribution in [-0.2, 0) is 17.7 Å². The second-order valence-corrected chi connectivity index (χ2v) is 7.00. The average Bonchev–Trinajstić information content (AvgIpc) is 2.85. The molecule has 0 bridgehead atoms. The van der Waals surface area contributed by atoms with Crippen LogP contribution in [0.1, 0.15) is 35.2 Å². The van der Waals surface area contributed by atoms with Crippen molar-refractivity contribution in [2.75, 3.05) is 13.7 Å². The minimum Gasteiger partial charge on any atom is -0.385 e. The van der Waals surface area contributed by atoms with Crippen molar-refractivity contribution in [3.05, 3.63) is 45.9 Å². The minimum absolute atomic E-state index is 0.131. The number of aryl methyl sites for hydroxylation is 1. The Hall–Kier alpha value is -1.86. The summed E-state index contributed by atoms with van der Waals surface area (Å²) in [6.07, 6.45) is 3.39. The summed E-state index contributed by atoms with van der Waals surface area (Å²) in [6, 6.07) is 7.79. The Morgan fingerprint density at radius 2 is 2.21 bits per heavy atom. The lowest BCUT2D eigenvalue weighted by molar-refractivity contribution is 0.0988. The summed E-state index contributed by atoms with van der Waals surface area (Å²) in [6.45, 7) is 1.11. The molecule has 1 N–H and O–H groups in total. The van der Waals surface area contributed by atoms with E-state index in [9.17, 15) is 9.59 Å². The van der Waals surface area contributed by atoms with Crippen molar-refractivity contribution >= 4 is 17.5 Å². The van der Waals surface area contributed by atoms with Crippen molar-refractivity contribution in [2.45, 2.75) is 42.6 Å². The Kier molecular flexibility index (Phi) is 5.52. The Labute approximate surface area is 144 Å². The van der Waals surface area contributed by atoms with Crippen LogP contribution < -0.4 is 5.69 Å². The van der Waals surface area contributed by atoms with Gasteiger partial charge in [0.2, 0.25) is 0 Å². The van der Waals surface area contributed by atoms with Crippen molar-refractivity contribution in [1.82, 2.24) is 14.8 Å². The summed E-state index contributed by atoms with van der Waals surface area (Å²) in [5.41, 5.74) is 1.68. The van der Waals surface area contributed by atoms with Crippen LogP contribution in [0, 0.1) is 0 Å². The molecular weight excluding hydrogens is 326 g/mol. The molecule has 1 unspecified atom stereocenters. The average molecular weight is 347 g/mol. The SMILES string of the molecule is COCCCn1c(SC2CCCc3ccccc3C2=O)n[nH]c1=O. The zero-order chi connectivity index (χ0) is 16.9. The topological polar surface area (TPSA) is 77.0 Å². The van der Waals surface area contributed by atoms with E-state index in [4.69, 9.17) is 4.74 Å². The largest absolute Gasteiger partial charge is 0.385 e. The van der Waals surface area contributed by atoms with Gasteiger partial charge in [-0.1, -0.05) is 36.0 Å². The molecule has 3 rings (SSSR count). The van der Waals surface area contributed by atoms with E-state index < -0.39 is 0 Å². The second-order valence-electron chi connectivity index (χ2n) is 5.83.